The highest BCUT2D eigenvalue weighted by Gasteiger charge is 2.19. The van der Waals surface area contributed by atoms with Crippen LogP contribution >= 0.6 is 11.3 Å². The summed E-state index contributed by atoms with van der Waals surface area (Å²) in [6, 6.07) is 4.79. The van der Waals surface area contributed by atoms with Crippen LogP contribution in [0.25, 0.3) is 10.2 Å². The second-order valence-electron chi connectivity index (χ2n) is 5.20. The maximum atomic E-state index is 13.2. The van der Waals surface area contributed by atoms with E-state index in [2.05, 4.69) is 9.88 Å². The molecule has 0 amide bonds. The predicted octanol–water partition coefficient (Wildman–Crippen LogP) is 2.61. The van der Waals surface area contributed by atoms with Crippen molar-refractivity contribution in [3.63, 3.8) is 0 Å². The van der Waals surface area contributed by atoms with Gasteiger partial charge in [0.05, 0.1) is 16.8 Å². The summed E-state index contributed by atoms with van der Waals surface area (Å²) in [5.74, 6) is 0.421. The fraction of sp³-hybridized carbons (Fsp3) is 0.500. The molecule has 102 valence electrons. The molecule has 1 atom stereocenters. The highest BCUT2D eigenvalue weighted by molar-refractivity contribution is 7.18. The van der Waals surface area contributed by atoms with E-state index in [1.165, 1.54) is 18.9 Å². The first-order valence-electron chi connectivity index (χ1n) is 6.72. The van der Waals surface area contributed by atoms with E-state index in [0.29, 0.717) is 5.92 Å². The van der Waals surface area contributed by atoms with Gasteiger partial charge in [-0.05, 0) is 50.0 Å². The first-order chi connectivity index (χ1) is 9.24. The van der Waals surface area contributed by atoms with Gasteiger partial charge in [0.25, 0.3) is 0 Å². The number of benzene rings is 1. The smallest absolute Gasteiger partial charge is 0.124 e. The Balaban J connectivity index is 1.74. The number of aromatic nitrogens is 1. The Morgan fingerprint density at radius 2 is 2.37 bits per heavy atom. The third kappa shape index (κ3) is 2.94. The van der Waals surface area contributed by atoms with E-state index >= 15 is 0 Å². The van der Waals surface area contributed by atoms with E-state index in [-0.39, 0.29) is 5.82 Å². The van der Waals surface area contributed by atoms with E-state index in [1.807, 2.05) is 0 Å². The normalized spacial score (nSPS) is 21.1. The van der Waals surface area contributed by atoms with Crippen LogP contribution < -0.4 is 5.73 Å². The summed E-state index contributed by atoms with van der Waals surface area (Å²) >= 11 is 1.59. The van der Waals surface area contributed by atoms with Crippen LogP contribution in [0, 0.1) is 11.7 Å². The second kappa shape index (κ2) is 5.53. The maximum absolute atomic E-state index is 13.2. The molecule has 1 aliphatic rings. The van der Waals surface area contributed by atoms with Crippen molar-refractivity contribution < 1.29 is 4.39 Å². The van der Waals surface area contributed by atoms with Gasteiger partial charge < -0.3 is 5.73 Å². The zero-order chi connectivity index (χ0) is 13.2. The average Bonchev–Trinajstić information content (AvgIpc) is 2.80. The SMILES string of the molecule is NCC1CCCN(Cc2nc3ccc(F)cc3s2)C1. The van der Waals surface area contributed by atoms with Gasteiger partial charge in [0.1, 0.15) is 10.8 Å². The summed E-state index contributed by atoms with van der Waals surface area (Å²) in [5, 5.41) is 1.07. The summed E-state index contributed by atoms with van der Waals surface area (Å²) in [4.78, 5) is 6.99. The molecule has 0 saturated carbocycles. The molecule has 1 aliphatic heterocycles. The molecule has 0 aliphatic carbocycles. The Bertz CT molecular complexity index is 569. The molecule has 1 saturated heterocycles. The van der Waals surface area contributed by atoms with Crippen LogP contribution in [0.1, 0.15) is 17.8 Å². The Labute approximate surface area is 116 Å². The summed E-state index contributed by atoms with van der Waals surface area (Å²) in [7, 11) is 0. The molecule has 0 spiro atoms. The molecule has 5 heteroatoms. The second-order valence-corrected chi connectivity index (χ2v) is 6.31. The lowest BCUT2D eigenvalue weighted by Gasteiger charge is -2.31. The largest absolute Gasteiger partial charge is 0.330 e. The third-order valence-electron chi connectivity index (χ3n) is 3.69. The third-order valence-corrected chi connectivity index (χ3v) is 4.69. The van der Waals surface area contributed by atoms with Crippen molar-refractivity contribution in [1.82, 2.24) is 9.88 Å². The predicted molar refractivity (Wildman–Crippen MR) is 76.6 cm³/mol. The lowest BCUT2D eigenvalue weighted by Crippen LogP contribution is -2.37. The zero-order valence-electron chi connectivity index (χ0n) is 10.8. The van der Waals surface area contributed by atoms with E-state index in [1.54, 1.807) is 23.5 Å². The van der Waals surface area contributed by atoms with Gasteiger partial charge in [0.2, 0.25) is 0 Å². The number of nitrogens with two attached hydrogens (primary N) is 1. The van der Waals surface area contributed by atoms with Crippen molar-refractivity contribution in [2.75, 3.05) is 19.6 Å². The highest BCUT2D eigenvalue weighted by Crippen LogP contribution is 2.25. The molecule has 1 fully saturated rings. The number of hydrogen-bond donors (Lipinski definition) is 1. The molecular weight excluding hydrogens is 261 g/mol. The van der Waals surface area contributed by atoms with Crippen molar-refractivity contribution in [3.8, 4) is 0 Å². The molecule has 0 bridgehead atoms. The van der Waals surface area contributed by atoms with E-state index in [9.17, 15) is 4.39 Å². The minimum Gasteiger partial charge on any atom is -0.330 e. The van der Waals surface area contributed by atoms with Gasteiger partial charge in [-0.15, -0.1) is 11.3 Å². The highest BCUT2D eigenvalue weighted by atomic mass is 32.1. The number of likely N-dealkylation sites (tertiary alicyclic amines) is 1. The van der Waals surface area contributed by atoms with Gasteiger partial charge in [-0.25, -0.2) is 9.37 Å². The first-order valence-corrected chi connectivity index (χ1v) is 7.53. The maximum Gasteiger partial charge on any atom is 0.124 e. The number of piperidine rings is 1. The summed E-state index contributed by atoms with van der Waals surface area (Å²) in [6.07, 6.45) is 2.44. The quantitative estimate of drug-likeness (QED) is 0.939. The number of halogens is 1. The molecule has 2 N–H and O–H groups in total. The molecule has 0 radical (unpaired) electrons. The molecule has 3 nitrogen and oxygen atoms in total. The van der Waals surface area contributed by atoms with Crippen molar-refractivity contribution in [2.24, 2.45) is 11.7 Å². The molecule has 19 heavy (non-hydrogen) atoms. The van der Waals surface area contributed by atoms with Crippen LogP contribution in [-0.4, -0.2) is 29.5 Å². The van der Waals surface area contributed by atoms with Gasteiger partial charge >= 0.3 is 0 Å². The first kappa shape index (κ1) is 13.0. The van der Waals surface area contributed by atoms with Gasteiger partial charge in [-0.1, -0.05) is 0 Å². The Morgan fingerprint density at radius 3 is 3.21 bits per heavy atom. The van der Waals surface area contributed by atoms with E-state index in [0.717, 1.165) is 41.4 Å². The van der Waals surface area contributed by atoms with Crippen LogP contribution in [0.3, 0.4) is 0 Å². The fourth-order valence-corrected chi connectivity index (χ4v) is 3.73. The molecule has 2 aromatic rings. The monoisotopic (exact) mass is 279 g/mol. The molecule has 1 aromatic heterocycles. The number of hydrogen-bond acceptors (Lipinski definition) is 4. The van der Waals surface area contributed by atoms with Crippen LogP contribution in [-0.2, 0) is 6.54 Å². The summed E-state index contributed by atoms with van der Waals surface area (Å²) in [6.45, 7) is 3.79. The Hall–Kier alpha value is -1.04. The number of rotatable bonds is 3. The van der Waals surface area contributed by atoms with Gasteiger partial charge in [0.15, 0.2) is 0 Å². The van der Waals surface area contributed by atoms with Crippen LogP contribution in [0.5, 0.6) is 0 Å². The Morgan fingerprint density at radius 1 is 1.47 bits per heavy atom. The van der Waals surface area contributed by atoms with Gasteiger partial charge in [-0.2, -0.15) is 0 Å². The topological polar surface area (TPSA) is 42.1 Å². The number of nitrogens with zero attached hydrogens (tertiary/aromatic N) is 2. The molecule has 2 heterocycles. The van der Waals surface area contributed by atoms with Crippen LogP contribution in [0.15, 0.2) is 18.2 Å². The van der Waals surface area contributed by atoms with Gasteiger partial charge in [0, 0.05) is 6.54 Å². The van der Waals surface area contributed by atoms with Crippen molar-refractivity contribution in [1.29, 1.82) is 0 Å². The molecule has 1 aromatic carbocycles. The van der Waals surface area contributed by atoms with Crippen molar-refractivity contribution in [2.45, 2.75) is 19.4 Å². The number of fused-ring (bicyclic) bond motifs is 1. The Kier molecular flexibility index (Phi) is 3.77. The summed E-state index contributed by atoms with van der Waals surface area (Å²) in [5.41, 5.74) is 6.65. The molecular formula is C14H18FN3S. The van der Waals surface area contributed by atoms with Crippen molar-refractivity contribution >= 4 is 21.6 Å². The minimum absolute atomic E-state index is 0.191. The zero-order valence-corrected chi connectivity index (χ0v) is 11.6. The average molecular weight is 279 g/mol. The minimum atomic E-state index is -0.191. The fourth-order valence-electron chi connectivity index (χ4n) is 2.69. The van der Waals surface area contributed by atoms with Gasteiger partial charge in [-0.3, -0.25) is 4.90 Å². The van der Waals surface area contributed by atoms with Crippen LogP contribution in [0.4, 0.5) is 4.39 Å². The molecule has 3 rings (SSSR count). The van der Waals surface area contributed by atoms with E-state index in [4.69, 9.17) is 5.73 Å². The molecule has 1 unspecified atom stereocenters. The summed E-state index contributed by atoms with van der Waals surface area (Å²) < 4.78 is 14.1. The van der Waals surface area contributed by atoms with Crippen LogP contribution in [0.2, 0.25) is 0 Å². The lowest BCUT2D eigenvalue weighted by atomic mass is 9.98. The lowest BCUT2D eigenvalue weighted by molar-refractivity contribution is 0.171. The standard InChI is InChI=1S/C14H18FN3S/c15-11-3-4-12-13(6-11)19-14(17-12)9-18-5-1-2-10(7-16)8-18/h3-4,6,10H,1-2,5,7-9,16H2. The van der Waals surface area contributed by atoms with Crippen molar-refractivity contribution in [3.05, 3.63) is 29.0 Å². The van der Waals surface area contributed by atoms with E-state index < -0.39 is 0 Å². The number of thiazole rings is 1.